The second kappa shape index (κ2) is 7.46. The first-order valence-corrected chi connectivity index (χ1v) is 11.0. The minimum atomic E-state index is -3.01. The topological polar surface area (TPSA) is 57.7 Å². The van der Waals surface area contributed by atoms with Crippen molar-refractivity contribution in [1.29, 1.82) is 0 Å². The molecule has 0 aromatic heterocycles. The molecule has 0 saturated carbocycles. The molecular weight excluding hydrogens is 336 g/mol. The van der Waals surface area contributed by atoms with Crippen molar-refractivity contribution >= 4 is 15.7 Å². The molecule has 0 radical (unpaired) electrons. The first-order chi connectivity index (χ1) is 11.9. The van der Waals surface area contributed by atoms with Gasteiger partial charge in [0, 0.05) is 18.2 Å². The van der Waals surface area contributed by atoms with E-state index in [0.717, 1.165) is 32.2 Å². The van der Waals surface area contributed by atoms with E-state index in [1.807, 2.05) is 31.1 Å². The Morgan fingerprint density at radius 3 is 2.60 bits per heavy atom. The maximum atomic E-state index is 13.1. The molecule has 0 N–H and O–H groups in total. The highest BCUT2D eigenvalue weighted by Crippen LogP contribution is 2.25. The van der Waals surface area contributed by atoms with Crippen LogP contribution in [-0.2, 0) is 22.7 Å². The van der Waals surface area contributed by atoms with Crippen LogP contribution in [0, 0.1) is 0 Å². The highest BCUT2D eigenvalue weighted by Gasteiger charge is 2.35. The molecule has 1 atom stereocenters. The predicted octanol–water partition coefficient (Wildman–Crippen LogP) is 1.76. The van der Waals surface area contributed by atoms with E-state index in [1.54, 1.807) is 0 Å². The summed E-state index contributed by atoms with van der Waals surface area (Å²) in [5.74, 6) is 0.279. The summed E-state index contributed by atoms with van der Waals surface area (Å²) in [6, 6.07) is 5.81. The Labute approximate surface area is 150 Å². The zero-order valence-corrected chi connectivity index (χ0v) is 16.0. The van der Waals surface area contributed by atoms with Gasteiger partial charge in [0.15, 0.2) is 9.84 Å². The van der Waals surface area contributed by atoms with Gasteiger partial charge in [-0.1, -0.05) is 6.07 Å². The molecule has 1 saturated heterocycles. The standard InChI is InChI=1S/C19H28N2O3S/c1-20(2)10-4-11-21(18-9-12-25(23,24)14-18)19(22)17-8-7-15-5-3-6-16(15)13-17/h7-8,13,18H,3-6,9-12,14H2,1-2H3. The second-order valence-corrected chi connectivity index (χ2v) is 9.78. The van der Waals surface area contributed by atoms with Crippen molar-refractivity contribution < 1.29 is 13.2 Å². The minimum absolute atomic E-state index is 0.0180. The fourth-order valence-electron chi connectivity index (χ4n) is 3.90. The number of rotatable bonds is 6. The van der Waals surface area contributed by atoms with Crippen molar-refractivity contribution in [3.05, 3.63) is 34.9 Å². The Morgan fingerprint density at radius 1 is 1.16 bits per heavy atom. The van der Waals surface area contributed by atoms with Crippen LogP contribution in [0.25, 0.3) is 0 Å². The second-order valence-electron chi connectivity index (χ2n) is 7.55. The maximum absolute atomic E-state index is 13.1. The fraction of sp³-hybridized carbons (Fsp3) is 0.632. The van der Waals surface area contributed by atoms with E-state index in [9.17, 15) is 13.2 Å². The Morgan fingerprint density at radius 2 is 1.92 bits per heavy atom. The zero-order chi connectivity index (χ0) is 18.0. The van der Waals surface area contributed by atoms with E-state index in [-0.39, 0.29) is 23.5 Å². The molecule has 1 heterocycles. The molecule has 2 aliphatic rings. The Balaban J connectivity index is 1.78. The number of amides is 1. The van der Waals surface area contributed by atoms with E-state index >= 15 is 0 Å². The zero-order valence-electron chi connectivity index (χ0n) is 15.2. The highest BCUT2D eigenvalue weighted by atomic mass is 32.2. The first kappa shape index (κ1) is 18.4. The summed E-state index contributed by atoms with van der Waals surface area (Å²) in [6.45, 7) is 1.49. The van der Waals surface area contributed by atoms with Crippen molar-refractivity contribution in [2.45, 2.75) is 38.1 Å². The SMILES string of the molecule is CN(C)CCCN(C(=O)c1ccc2c(c1)CCC2)C1CCS(=O)(=O)C1. The van der Waals surface area contributed by atoms with Gasteiger partial charge in [-0.05, 0) is 76.0 Å². The van der Waals surface area contributed by atoms with Gasteiger partial charge in [0.1, 0.15) is 0 Å². The predicted molar refractivity (Wildman–Crippen MR) is 99.7 cm³/mol. The third kappa shape index (κ3) is 4.42. The Hall–Kier alpha value is -1.40. The van der Waals surface area contributed by atoms with E-state index in [4.69, 9.17) is 0 Å². The molecule has 3 rings (SSSR count). The van der Waals surface area contributed by atoms with Crippen LogP contribution in [0.1, 0.15) is 40.7 Å². The van der Waals surface area contributed by atoms with Gasteiger partial charge in [-0.15, -0.1) is 0 Å². The molecule has 1 aromatic carbocycles. The van der Waals surface area contributed by atoms with Gasteiger partial charge in [0.05, 0.1) is 11.5 Å². The fourth-order valence-corrected chi connectivity index (χ4v) is 5.63. The van der Waals surface area contributed by atoms with Gasteiger partial charge >= 0.3 is 0 Å². The van der Waals surface area contributed by atoms with E-state index in [2.05, 4.69) is 11.0 Å². The molecule has 25 heavy (non-hydrogen) atoms. The molecule has 0 bridgehead atoms. The lowest BCUT2D eigenvalue weighted by Crippen LogP contribution is -2.42. The molecule has 6 heteroatoms. The normalized spacial score (nSPS) is 21.5. The van der Waals surface area contributed by atoms with E-state index in [1.165, 1.54) is 11.1 Å². The number of fused-ring (bicyclic) bond motifs is 1. The average molecular weight is 365 g/mol. The monoisotopic (exact) mass is 364 g/mol. The summed E-state index contributed by atoms with van der Waals surface area (Å²) >= 11 is 0. The van der Waals surface area contributed by atoms with Crippen LogP contribution in [0.2, 0.25) is 0 Å². The van der Waals surface area contributed by atoms with Crippen LogP contribution < -0.4 is 0 Å². The van der Waals surface area contributed by atoms with Crippen molar-refractivity contribution in [2.75, 3.05) is 38.7 Å². The number of carbonyl (C=O) groups excluding carboxylic acids is 1. The highest BCUT2D eigenvalue weighted by molar-refractivity contribution is 7.91. The van der Waals surface area contributed by atoms with E-state index in [0.29, 0.717) is 18.5 Å². The third-order valence-electron chi connectivity index (χ3n) is 5.26. The van der Waals surface area contributed by atoms with E-state index < -0.39 is 9.84 Å². The molecule has 1 fully saturated rings. The van der Waals surface area contributed by atoms with Gasteiger partial charge in [-0.25, -0.2) is 8.42 Å². The van der Waals surface area contributed by atoms with Crippen LogP contribution in [0.15, 0.2) is 18.2 Å². The van der Waals surface area contributed by atoms with Gasteiger partial charge < -0.3 is 9.80 Å². The molecule has 1 amide bonds. The van der Waals surface area contributed by atoms with Gasteiger partial charge in [0.25, 0.3) is 5.91 Å². The number of aryl methyl sites for hydroxylation is 2. The quantitative estimate of drug-likeness (QED) is 0.772. The number of carbonyl (C=O) groups is 1. The number of hydrogen-bond donors (Lipinski definition) is 0. The smallest absolute Gasteiger partial charge is 0.254 e. The van der Waals surface area contributed by atoms with Gasteiger partial charge in [-0.2, -0.15) is 0 Å². The van der Waals surface area contributed by atoms with Crippen LogP contribution in [-0.4, -0.2) is 68.9 Å². The molecule has 1 aliphatic carbocycles. The maximum Gasteiger partial charge on any atom is 0.254 e. The summed E-state index contributed by atoms with van der Waals surface area (Å²) in [7, 11) is 1.00. The lowest BCUT2D eigenvalue weighted by atomic mass is 10.0. The van der Waals surface area contributed by atoms with Crippen molar-refractivity contribution in [2.24, 2.45) is 0 Å². The van der Waals surface area contributed by atoms with Crippen molar-refractivity contribution in [3.8, 4) is 0 Å². The van der Waals surface area contributed by atoms with Crippen LogP contribution >= 0.6 is 0 Å². The van der Waals surface area contributed by atoms with Crippen LogP contribution in [0.3, 0.4) is 0 Å². The summed E-state index contributed by atoms with van der Waals surface area (Å²) in [4.78, 5) is 17.0. The number of sulfone groups is 1. The van der Waals surface area contributed by atoms with Gasteiger partial charge in [0.2, 0.25) is 0 Å². The molecule has 138 valence electrons. The summed E-state index contributed by atoms with van der Waals surface area (Å²) in [5.41, 5.74) is 3.33. The third-order valence-corrected chi connectivity index (χ3v) is 7.01. The lowest BCUT2D eigenvalue weighted by Gasteiger charge is -2.29. The Kier molecular flexibility index (Phi) is 5.49. The molecule has 0 spiro atoms. The summed E-state index contributed by atoms with van der Waals surface area (Å²) < 4.78 is 23.8. The average Bonchev–Trinajstić information content (AvgIpc) is 3.15. The van der Waals surface area contributed by atoms with Crippen LogP contribution in [0.4, 0.5) is 0 Å². The van der Waals surface area contributed by atoms with Gasteiger partial charge in [-0.3, -0.25) is 4.79 Å². The minimum Gasteiger partial charge on any atom is -0.335 e. The molecular formula is C19H28N2O3S. The largest absolute Gasteiger partial charge is 0.335 e. The number of benzene rings is 1. The van der Waals surface area contributed by atoms with Crippen molar-refractivity contribution in [1.82, 2.24) is 9.80 Å². The number of nitrogens with zero attached hydrogens (tertiary/aromatic N) is 2. The summed E-state index contributed by atoms with van der Waals surface area (Å²) in [5, 5.41) is 0. The number of hydrogen-bond acceptors (Lipinski definition) is 4. The van der Waals surface area contributed by atoms with Crippen LogP contribution in [0.5, 0.6) is 0 Å². The summed E-state index contributed by atoms with van der Waals surface area (Å²) in [6.07, 6.45) is 4.69. The first-order valence-electron chi connectivity index (χ1n) is 9.14. The molecule has 1 unspecified atom stereocenters. The Bertz CT molecular complexity index is 743. The van der Waals surface area contributed by atoms with Crippen molar-refractivity contribution in [3.63, 3.8) is 0 Å². The molecule has 1 aromatic rings. The molecule has 1 aliphatic heterocycles. The molecule has 5 nitrogen and oxygen atoms in total. The lowest BCUT2D eigenvalue weighted by molar-refractivity contribution is 0.0690.